The summed E-state index contributed by atoms with van der Waals surface area (Å²) in [6.45, 7) is 5.50. The molecule has 6 nitrogen and oxygen atoms in total. The van der Waals surface area contributed by atoms with Gasteiger partial charge in [0.05, 0.1) is 5.92 Å². The molecular formula is C19H24N4O2. The molecule has 0 bridgehead atoms. The van der Waals surface area contributed by atoms with E-state index >= 15 is 0 Å². The maximum atomic E-state index is 12.7. The van der Waals surface area contributed by atoms with Gasteiger partial charge in [-0.15, -0.1) is 0 Å². The van der Waals surface area contributed by atoms with Crippen LogP contribution in [0.3, 0.4) is 0 Å². The second kappa shape index (κ2) is 7.51. The molecule has 1 fully saturated rings. The van der Waals surface area contributed by atoms with E-state index in [0.717, 1.165) is 29.7 Å². The predicted octanol–water partition coefficient (Wildman–Crippen LogP) is 2.20. The van der Waals surface area contributed by atoms with Crippen molar-refractivity contribution >= 4 is 11.8 Å². The lowest BCUT2D eigenvalue weighted by Crippen LogP contribution is -2.45. The van der Waals surface area contributed by atoms with Crippen LogP contribution in [0.15, 0.2) is 30.6 Å². The Morgan fingerprint density at radius 3 is 2.92 bits per heavy atom. The van der Waals surface area contributed by atoms with Crippen LogP contribution in [0.1, 0.15) is 40.2 Å². The van der Waals surface area contributed by atoms with E-state index in [4.69, 9.17) is 0 Å². The van der Waals surface area contributed by atoms with E-state index in [1.807, 2.05) is 32.0 Å². The summed E-state index contributed by atoms with van der Waals surface area (Å²) < 4.78 is 0. The van der Waals surface area contributed by atoms with Gasteiger partial charge in [0.2, 0.25) is 5.91 Å². The molecule has 2 aromatic rings. The molecule has 3 heterocycles. The number of carbonyl (C=O) groups excluding carboxylic acids is 2. The number of aromatic amines is 1. The summed E-state index contributed by atoms with van der Waals surface area (Å²) in [6.07, 6.45) is 5.11. The van der Waals surface area contributed by atoms with Crippen LogP contribution in [0, 0.1) is 19.8 Å². The predicted molar refractivity (Wildman–Crippen MR) is 95.0 cm³/mol. The molecule has 0 aliphatic carbocycles. The second-order valence-electron chi connectivity index (χ2n) is 6.68. The number of H-pyrrole nitrogens is 1. The number of likely N-dealkylation sites (tertiary alicyclic amines) is 1. The van der Waals surface area contributed by atoms with Crippen LogP contribution < -0.4 is 5.32 Å². The van der Waals surface area contributed by atoms with Crippen molar-refractivity contribution in [2.45, 2.75) is 33.2 Å². The summed E-state index contributed by atoms with van der Waals surface area (Å²) in [5.74, 6) is -0.179. The smallest absolute Gasteiger partial charge is 0.270 e. The molecular weight excluding hydrogens is 316 g/mol. The van der Waals surface area contributed by atoms with Crippen LogP contribution in [-0.4, -0.2) is 39.8 Å². The van der Waals surface area contributed by atoms with Crippen molar-refractivity contribution in [1.82, 2.24) is 20.2 Å². The number of rotatable bonds is 4. The first kappa shape index (κ1) is 17.2. The van der Waals surface area contributed by atoms with E-state index < -0.39 is 0 Å². The van der Waals surface area contributed by atoms with Gasteiger partial charge in [0, 0.05) is 37.7 Å². The fraction of sp³-hybridized carbons (Fsp3) is 0.421. The highest BCUT2D eigenvalue weighted by Gasteiger charge is 2.29. The Bertz CT molecular complexity index is 754. The number of carbonyl (C=O) groups is 2. The molecule has 0 aromatic carbocycles. The summed E-state index contributed by atoms with van der Waals surface area (Å²) >= 11 is 0. The van der Waals surface area contributed by atoms with E-state index in [0.29, 0.717) is 25.3 Å². The van der Waals surface area contributed by atoms with Gasteiger partial charge in [0.1, 0.15) is 5.69 Å². The van der Waals surface area contributed by atoms with Crippen molar-refractivity contribution in [3.63, 3.8) is 0 Å². The molecule has 1 atom stereocenters. The van der Waals surface area contributed by atoms with Crippen LogP contribution in [0.5, 0.6) is 0 Å². The van der Waals surface area contributed by atoms with Gasteiger partial charge in [-0.3, -0.25) is 14.6 Å². The Hall–Kier alpha value is -2.63. The van der Waals surface area contributed by atoms with Gasteiger partial charge < -0.3 is 15.2 Å². The van der Waals surface area contributed by atoms with Crippen LogP contribution in [0.25, 0.3) is 0 Å². The summed E-state index contributed by atoms with van der Waals surface area (Å²) in [6, 6.07) is 5.75. The van der Waals surface area contributed by atoms with E-state index in [9.17, 15) is 9.59 Å². The number of aryl methyl sites for hydroxylation is 2. The zero-order chi connectivity index (χ0) is 17.8. The minimum Gasteiger partial charge on any atom is -0.354 e. The summed E-state index contributed by atoms with van der Waals surface area (Å²) in [5.41, 5.74) is 3.53. The molecule has 2 amide bonds. The number of nitrogens with one attached hydrogen (secondary N) is 2. The molecule has 132 valence electrons. The van der Waals surface area contributed by atoms with E-state index in [2.05, 4.69) is 15.3 Å². The summed E-state index contributed by atoms with van der Waals surface area (Å²) in [7, 11) is 0. The summed E-state index contributed by atoms with van der Waals surface area (Å²) in [4.78, 5) is 34.2. The number of amides is 2. The van der Waals surface area contributed by atoms with Gasteiger partial charge in [0.25, 0.3) is 5.91 Å². The molecule has 3 rings (SSSR count). The molecule has 6 heteroatoms. The lowest BCUT2D eigenvalue weighted by Gasteiger charge is -2.32. The average molecular weight is 340 g/mol. The average Bonchev–Trinajstić information content (AvgIpc) is 2.98. The first-order valence-electron chi connectivity index (χ1n) is 8.66. The Morgan fingerprint density at radius 1 is 1.40 bits per heavy atom. The molecule has 1 aliphatic heterocycles. The molecule has 1 aliphatic rings. The quantitative estimate of drug-likeness (QED) is 0.895. The van der Waals surface area contributed by atoms with Crippen molar-refractivity contribution in [3.05, 3.63) is 53.1 Å². The van der Waals surface area contributed by atoms with Crippen LogP contribution in [-0.2, 0) is 11.3 Å². The summed E-state index contributed by atoms with van der Waals surface area (Å²) in [5, 5.41) is 2.96. The van der Waals surface area contributed by atoms with Crippen molar-refractivity contribution in [2.75, 3.05) is 13.1 Å². The normalized spacial score (nSPS) is 17.4. The third-order valence-electron chi connectivity index (χ3n) is 4.63. The van der Waals surface area contributed by atoms with Crippen molar-refractivity contribution in [1.29, 1.82) is 0 Å². The highest BCUT2D eigenvalue weighted by molar-refractivity contribution is 5.94. The third kappa shape index (κ3) is 4.07. The Labute approximate surface area is 147 Å². The van der Waals surface area contributed by atoms with Gasteiger partial charge in [-0.2, -0.15) is 0 Å². The molecule has 0 radical (unpaired) electrons. The maximum Gasteiger partial charge on any atom is 0.270 e. The number of hydrogen-bond donors (Lipinski definition) is 2. The molecule has 1 saturated heterocycles. The van der Waals surface area contributed by atoms with Gasteiger partial charge in [0.15, 0.2) is 0 Å². The standard InChI is InChI=1S/C19H24N4O2/c1-13-9-14(2)22-17(13)19(25)23-8-4-6-16(12-23)18(24)21-11-15-5-3-7-20-10-15/h3,5,7,9-10,16,22H,4,6,8,11-12H2,1-2H3,(H,21,24). The van der Waals surface area contributed by atoms with E-state index in [-0.39, 0.29) is 17.7 Å². The lowest BCUT2D eigenvalue weighted by molar-refractivity contribution is -0.126. The molecule has 0 saturated carbocycles. The Balaban J connectivity index is 1.59. The molecule has 25 heavy (non-hydrogen) atoms. The van der Waals surface area contributed by atoms with Gasteiger partial charge in [-0.1, -0.05) is 6.07 Å². The van der Waals surface area contributed by atoms with E-state index in [1.54, 1.807) is 17.3 Å². The Morgan fingerprint density at radius 2 is 2.24 bits per heavy atom. The minimum atomic E-state index is -0.161. The monoisotopic (exact) mass is 340 g/mol. The van der Waals surface area contributed by atoms with Crippen molar-refractivity contribution in [3.8, 4) is 0 Å². The van der Waals surface area contributed by atoms with Gasteiger partial charge >= 0.3 is 0 Å². The number of nitrogens with zero attached hydrogens (tertiary/aromatic N) is 2. The fourth-order valence-electron chi connectivity index (χ4n) is 3.32. The number of pyridine rings is 1. The van der Waals surface area contributed by atoms with Crippen LogP contribution >= 0.6 is 0 Å². The van der Waals surface area contributed by atoms with Crippen LogP contribution in [0.2, 0.25) is 0 Å². The van der Waals surface area contributed by atoms with E-state index in [1.165, 1.54) is 0 Å². The zero-order valence-corrected chi connectivity index (χ0v) is 14.7. The molecule has 2 aromatic heterocycles. The fourth-order valence-corrected chi connectivity index (χ4v) is 3.32. The second-order valence-corrected chi connectivity index (χ2v) is 6.68. The number of hydrogen-bond acceptors (Lipinski definition) is 3. The van der Waals surface area contributed by atoms with Gasteiger partial charge in [-0.25, -0.2) is 0 Å². The highest BCUT2D eigenvalue weighted by Crippen LogP contribution is 2.20. The highest BCUT2D eigenvalue weighted by atomic mass is 16.2. The van der Waals surface area contributed by atoms with Crippen molar-refractivity contribution in [2.24, 2.45) is 5.92 Å². The Kier molecular flexibility index (Phi) is 5.16. The minimum absolute atomic E-state index is 0.000686. The van der Waals surface area contributed by atoms with Crippen LogP contribution in [0.4, 0.5) is 0 Å². The topological polar surface area (TPSA) is 78.1 Å². The third-order valence-corrected chi connectivity index (χ3v) is 4.63. The van der Waals surface area contributed by atoms with Gasteiger partial charge in [-0.05, 0) is 49.9 Å². The maximum absolute atomic E-state index is 12.7. The molecule has 2 N–H and O–H groups in total. The lowest BCUT2D eigenvalue weighted by atomic mass is 9.96. The number of piperidine rings is 1. The number of aromatic nitrogens is 2. The largest absolute Gasteiger partial charge is 0.354 e. The molecule has 1 unspecified atom stereocenters. The SMILES string of the molecule is Cc1cc(C)c(C(=O)N2CCCC(C(=O)NCc3cccnc3)C2)[nH]1. The van der Waals surface area contributed by atoms with Crippen molar-refractivity contribution < 1.29 is 9.59 Å². The first-order chi connectivity index (χ1) is 12.0. The zero-order valence-electron chi connectivity index (χ0n) is 14.7. The first-order valence-corrected chi connectivity index (χ1v) is 8.66. The molecule has 0 spiro atoms.